The van der Waals surface area contributed by atoms with Crippen LogP contribution in [0.1, 0.15) is 20.8 Å². The third kappa shape index (κ3) is 4.77. The first-order valence-electron chi connectivity index (χ1n) is 5.17. The van der Waals surface area contributed by atoms with Crippen LogP contribution >= 0.6 is 0 Å². The van der Waals surface area contributed by atoms with Crippen LogP contribution in [0.25, 0.3) is 0 Å². The topological polar surface area (TPSA) is 41.1 Å². The van der Waals surface area contributed by atoms with Crippen LogP contribution in [-0.2, 0) is 0 Å². The molecule has 0 aromatic heterocycles. The highest BCUT2D eigenvalue weighted by Crippen LogP contribution is 2.11. The van der Waals surface area contributed by atoms with Crippen molar-refractivity contribution >= 4 is 11.7 Å². The number of nitrogens with one attached hydrogen (secondary N) is 2. The Bertz CT molecular complexity index is 354. The molecule has 0 radical (unpaired) electrons. The number of amides is 2. The van der Waals surface area contributed by atoms with E-state index in [0.29, 0.717) is 12.2 Å². The number of anilines is 1. The summed E-state index contributed by atoms with van der Waals surface area (Å²) < 4.78 is 12.6. The summed E-state index contributed by atoms with van der Waals surface area (Å²) in [7, 11) is 0. The predicted molar refractivity (Wildman–Crippen MR) is 62.9 cm³/mol. The van der Waals surface area contributed by atoms with E-state index in [9.17, 15) is 9.18 Å². The number of benzene rings is 1. The lowest BCUT2D eigenvalue weighted by Gasteiger charge is -2.18. The highest BCUT2D eigenvalue weighted by molar-refractivity contribution is 5.89. The minimum atomic E-state index is -0.319. The van der Waals surface area contributed by atoms with E-state index in [0.717, 1.165) is 0 Å². The van der Waals surface area contributed by atoms with E-state index in [4.69, 9.17) is 0 Å². The summed E-state index contributed by atoms with van der Waals surface area (Å²) in [4.78, 5) is 11.4. The van der Waals surface area contributed by atoms with Crippen LogP contribution in [0.3, 0.4) is 0 Å². The molecule has 0 unspecified atom stereocenters. The molecule has 1 rings (SSSR count). The lowest BCUT2D eigenvalue weighted by atomic mass is 9.97. The smallest absolute Gasteiger partial charge is 0.319 e. The zero-order chi connectivity index (χ0) is 12.2. The average Bonchev–Trinajstić information content (AvgIpc) is 2.18. The quantitative estimate of drug-likeness (QED) is 0.796. The highest BCUT2D eigenvalue weighted by atomic mass is 19.1. The lowest BCUT2D eigenvalue weighted by Crippen LogP contribution is -2.35. The number of hydrogen-bond acceptors (Lipinski definition) is 1. The Morgan fingerprint density at radius 2 is 1.81 bits per heavy atom. The summed E-state index contributed by atoms with van der Waals surface area (Å²) >= 11 is 0. The van der Waals surface area contributed by atoms with Crippen molar-refractivity contribution in [3.63, 3.8) is 0 Å². The van der Waals surface area contributed by atoms with Gasteiger partial charge in [0.15, 0.2) is 0 Å². The number of urea groups is 1. The first-order valence-corrected chi connectivity index (χ1v) is 5.17. The molecule has 0 aliphatic carbocycles. The van der Waals surface area contributed by atoms with Gasteiger partial charge in [-0.15, -0.1) is 0 Å². The minimum Gasteiger partial charge on any atom is -0.337 e. The average molecular weight is 224 g/mol. The summed E-state index contributed by atoms with van der Waals surface area (Å²) in [6.45, 7) is 6.68. The molecule has 1 aromatic carbocycles. The summed E-state index contributed by atoms with van der Waals surface area (Å²) in [5, 5.41) is 5.37. The van der Waals surface area contributed by atoms with E-state index in [2.05, 4.69) is 10.6 Å². The molecule has 0 heterocycles. The monoisotopic (exact) mass is 224 g/mol. The molecule has 0 spiro atoms. The molecule has 3 nitrogen and oxygen atoms in total. The maximum atomic E-state index is 12.6. The van der Waals surface area contributed by atoms with Crippen molar-refractivity contribution in [3.05, 3.63) is 30.1 Å². The second-order valence-corrected chi connectivity index (χ2v) is 4.88. The summed E-state index contributed by atoms with van der Waals surface area (Å²) in [5.74, 6) is -0.319. The second kappa shape index (κ2) is 4.96. The fraction of sp³-hybridized carbons (Fsp3) is 0.417. The molecular formula is C12H17FN2O. The van der Waals surface area contributed by atoms with Crippen molar-refractivity contribution in [2.75, 3.05) is 11.9 Å². The third-order valence-electron chi connectivity index (χ3n) is 1.88. The number of carbonyl (C=O) groups excluding carboxylic acids is 1. The summed E-state index contributed by atoms with van der Waals surface area (Å²) in [5.41, 5.74) is 0.618. The Morgan fingerprint density at radius 3 is 2.31 bits per heavy atom. The highest BCUT2D eigenvalue weighted by Gasteiger charge is 2.11. The Hall–Kier alpha value is -1.58. The van der Waals surface area contributed by atoms with Gasteiger partial charge in [0.05, 0.1) is 0 Å². The molecule has 4 heteroatoms. The molecule has 0 saturated heterocycles. The first-order chi connectivity index (χ1) is 7.37. The first kappa shape index (κ1) is 12.5. The molecule has 0 atom stereocenters. The van der Waals surface area contributed by atoms with Gasteiger partial charge in [0.25, 0.3) is 0 Å². The normalized spacial score (nSPS) is 11.0. The SMILES string of the molecule is CC(C)(C)CNC(=O)Nc1ccc(F)cc1. The van der Waals surface area contributed by atoms with Gasteiger partial charge in [-0.1, -0.05) is 20.8 Å². The van der Waals surface area contributed by atoms with Crippen LogP contribution in [0.5, 0.6) is 0 Å². The van der Waals surface area contributed by atoms with E-state index in [-0.39, 0.29) is 17.3 Å². The van der Waals surface area contributed by atoms with Gasteiger partial charge in [-0.25, -0.2) is 9.18 Å². The maximum Gasteiger partial charge on any atom is 0.319 e. The van der Waals surface area contributed by atoms with Gasteiger partial charge in [0.1, 0.15) is 5.82 Å². The number of hydrogen-bond donors (Lipinski definition) is 2. The van der Waals surface area contributed by atoms with Gasteiger partial charge in [-0.3, -0.25) is 0 Å². The molecular weight excluding hydrogens is 207 g/mol. The Kier molecular flexibility index (Phi) is 3.88. The molecule has 16 heavy (non-hydrogen) atoms. The number of carbonyl (C=O) groups is 1. The van der Waals surface area contributed by atoms with Gasteiger partial charge in [-0.2, -0.15) is 0 Å². The molecule has 1 aromatic rings. The van der Waals surface area contributed by atoms with Gasteiger partial charge in [0, 0.05) is 12.2 Å². The van der Waals surface area contributed by atoms with Crippen molar-refractivity contribution in [1.29, 1.82) is 0 Å². The van der Waals surface area contributed by atoms with Crippen LogP contribution in [0.2, 0.25) is 0 Å². The fourth-order valence-corrected chi connectivity index (χ4v) is 1.05. The van der Waals surface area contributed by atoms with Crippen molar-refractivity contribution in [1.82, 2.24) is 5.32 Å². The van der Waals surface area contributed by atoms with Gasteiger partial charge >= 0.3 is 6.03 Å². The molecule has 0 fully saturated rings. The zero-order valence-corrected chi connectivity index (χ0v) is 9.80. The molecule has 88 valence electrons. The molecule has 2 N–H and O–H groups in total. The summed E-state index contributed by atoms with van der Waals surface area (Å²) in [6.07, 6.45) is 0. The molecule has 0 bridgehead atoms. The maximum absolute atomic E-state index is 12.6. The van der Waals surface area contributed by atoms with Crippen LogP contribution in [0.4, 0.5) is 14.9 Å². The molecule has 0 aliphatic rings. The summed E-state index contributed by atoms with van der Waals surface area (Å²) in [6, 6.07) is 5.37. The van der Waals surface area contributed by atoms with Crippen LogP contribution in [0, 0.1) is 11.2 Å². The predicted octanol–water partition coefficient (Wildman–Crippen LogP) is 2.99. The van der Waals surface area contributed by atoms with E-state index in [1.165, 1.54) is 24.3 Å². The van der Waals surface area contributed by atoms with E-state index >= 15 is 0 Å². The Labute approximate surface area is 95.0 Å². The third-order valence-corrected chi connectivity index (χ3v) is 1.88. The van der Waals surface area contributed by atoms with E-state index in [1.54, 1.807) is 0 Å². The Balaban J connectivity index is 2.43. The number of halogens is 1. The van der Waals surface area contributed by atoms with Crippen molar-refractivity contribution in [2.24, 2.45) is 5.41 Å². The van der Waals surface area contributed by atoms with Gasteiger partial charge in [0.2, 0.25) is 0 Å². The van der Waals surface area contributed by atoms with Gasteiger partial charge < -0.3 is 10.6 Å². The zero-order valence-electron chi connectivity index (χ0n) is 9.80. The molecule has 0 aliphatic heterocycles. The number of rotatable bonds is 2. The van der Waals surface area contributed by atoms with E-state index in [1.807, 2.05) is 20.8 Å². The molecule has 0 saturated carbocycles. The minimum absolute atomic E-state index is 0.0418. The van der Waals surface area contributed by atoms with Crippen molar-refractivity contribution in [3.8, 4) is 0 Å². The standard InChI is InChI=1S/C12H17FN2O/c1-12(2,3)8-14-11(16)15-10-6-4-9(13)5-7-10/h4-7H,8H2,1-3H3,(H2,14,15,16). The largest absolute Gasteiger partial charge is 0.337 e. The second-order valence-electron chi connectivity index (χ2n) is 4.88. The van der Waals surface area contributed by atoms with Crippen LogP contribution in [0.15, 0.2) is 24.3 Å². The molecule has 2 amide bonds. The van der Waals surface area contributed by atoms with Gasteiger partial charge in [-0.05, 0) is 29.7 Å². The Morgan fingerprint density at radius 1 is 1.25 bits per heavy atom. The van der Waals surface area contributed by atoms with Crippen LogP contribution < -0.4 is 10.6 Å². The van der Waals surface area contributed by atoms with Crippen LogP contribution in [-0.4, -0.2) is 12.6 Å². The van der Waals surface area contributed by atoms with Crippen molar-refractivity contribution in [2.45, 2.75) is 20.8 Å². The van der Waals surface area contributed by atoms with E-state index < -0.39 is 0 Å². The lowest BCUT2D eigenvalue weighted by molar-refractivity contribution is 0.247. The fourth-order valence-electron chi connectivity index (χ4n) is 1.05. The van der Waals surface area contributed by atoms with Crippen molar-refractivity contribution < 1.29 is 9.18 Å².